The lowest BCUT2D eigenvalue weighted by molar-refractivity contribution is -0.176. The molecule has 8 nitrogen and oxygen atoms in total. The summed E-state index contributed by atoms with van der Waals surface area (Å²) in [5.41, 5.74) is -0.173. The lowest BCUT2D eigenvalue weighted by Crippen LogP contribution is -2.69. The highest BCUT2D eigenvalue weighted by Crippen LogP contribution is 2.51. The fraction of sp³-hybridized carbons (Fsp3) is 0.800. The van der Waals surface area contributed by atoms with E-state index in [2.05, 4.69) is 41.7 Å². The summed E-state index contributed by atoms with van der Waals surface area (Å²) in [4.78, 5) is 28.4. The molecule has 1 saturated carbocycles. The number of hydrogen-bond acceptors (Lipinski definition) is 4. The summed E-state index contributed by atoms with van der Waals surface area (Å²) in [5.74, 6) is 0.462. The molecule has 2 aliphatic rings. The smallest absolute Gasteiger partial charge is 0.324 e. The monoisotopic (exact) mass is 325 g/mol. The van der Waals surface area contributed by atoms with Gasteiger partial charge in [0.2, 0.25) is 5.91 Å². The van der Waals surface area contributed by atoms with Crippen molar-refractivity contribution in [3.63, 3.8) is 0 Å². The summed E-state index contributed by atoms with van der Waals surface area (Å²) in [7, 11) is 3.44. The van der Waals surface area contributed by atoms with Gasteiger partial charge in [-0.3, -0.25) is 14.7 Å². The first-order valence-electron chi connectivity index (χ1n) is 7.85. The van der Waals surface area contributed by atoms with Crippen molar-refractivity contribution in [2.75, 3.05) is 33.8 Å². The third kappa shape index (κ3) is 3.12. The molecule has 2 fully saturated rings. The Morgan fingerprint density at radius 2 is 2.13 bits per heavy atom. The minimum atomic E-state index is -0.337. The van der Waals surface area contributed by atoms with Crippen LogP contribution in [0.1, 0.15) is 27.2 Å². The average Bonchev–Trinajstić information content (AvgIpc) is 2.84. The Morgan fingerprint density at radius 1 is 1.43 bits per heavy atom. The van der Waals surface area contributed by atoms with Crippen molar-refractivity contribution in [1.29, 1.82) is 0 Å². The minimum Gasteiger partial charge on any atom is -0.378 e. The van der Waals surface area contributed by atoms with Crippen LogP contribution in [0.25, 0.3) is 0 Å². The molecular formula is C15H27N5O3. The quantitative estimate of drug-likeness (QED) is 0.373. The van der Waals surface area contributed by atoms with Crippen molar-refractivity contribution in [2.45, 2.75) is 38.8 Å². The van der Waals surface area contributed by atoms with Crippen molar-refractivity contribution in [1.82, 2.24) is 20.9 Å². The molecule has 2 rings (SSSR count). The van der Waals surface area contributed by atoms with Gasteiger partial charge in [-0.15, -0.1) is 0 Å². The van der Waals surface area contributed by atoms with E-state index < -0.39 is 0 Å². The van der Waals surface area contributed by atoms with Crippen LogP contribution in [-0.2, 0) is 9.53 Å². The number of urea groups is 1. The molecule has 1 aliphatic carbocycles. The van der Waals surface area contributed by atoms with E-state index in [9.17, 15) is 9.59 Å². The fourth-order valence-electron chi connectivity index (χ4n) is 3.05. The maximum absolute atomic E-state index is 11.5. The molecule has 0 aromatic rings. The van der Waals surface area contributed by atoms with E-state index in [0.717, 1.165) is 6.42 Å². The Morgan fingerprint density at radius 3 is 2.61 bits per heavy atom. The zero-order valence-corrected chi connectivity index (χ0v) is 14.5. The predicted molar refractivity (Wildman–Crippen MR) is 87.2 cm³/mol. The Labute approximate surface area is 137 Å². The molecule has 2 unspecified atom stereocenters. The Balaban J connectivity index is 1.81. The molecule has 0 aromatic heterocycles. The van der Waals surface area contributed by atoms with Crippen LogP contribution in [0.4, 0.5) is 4.79 Å². The van der Waals surface area contributed by atoms with E-state index in [0.29, 0.717) is 19.0 Å². The minimum absolute atomic E-state index is 0.0236. The number of carbonyl (C=O) groups excluding carboxylic acids is 2. The first-order valence-corrected chi connectivity index (χ1v) is 7.85. The molecule has 0 bridgehead atoms. The molecule has 1 aliphatic heterocycles. The largest absolute Gasteiger partial charge is 0.378 e. The molecule has 23 heavy (non-hydrogen) atoms. The molecule has 1 heterocycles. The fourth-order valence-corrected chi connectivity index (χ4v) is 3.05. The van der Waals surface area contributed by atoms with Crippen molar-refractivity contribution >= 4 is 17.9 Å². The van der Waals surface area contributed by atoms with Crippen LogP contribution in [0.5, 0.6) is 0 Å². The van der Waals surface area contributed by atoms with Crippen LogP contribution in [0.3, 0.4) is 0 Å². The molecule has 0 spiro atoms. The highest BCUT2D eigenvalue weighted by atomic mass is 16.5. The zero-order chi connectivity index (χ0) is 17.3. The predicted octanol–water partition coefficient (Wildman–Crippen LogP) is -0.0932. The molecule has 1 saturated heterocycles. The maximum atomic E-state index is 11.5. The van der Waals surface area contributed by atoms with E-state index in [4.69, 9.17) is 4.74 Å². The number of imide groups is 1. The van der Waals surface area contributed by atoms with Gasteiger partial charge in [0.05, 0.1) is 12.1 Å². The summed E-state index contributed by atoms with van der Waals surface area (Å²) >= 11 is 0. The van der Waals surface area contributed by atoms with Crippen LogP contribution in [0.2, 0.25) is 0 Å². The van der Waals surface area contributed by atoms with Gasteiger partial charge in [-0.25, -0.2) is 4.79 Å². The number of hydrogen-bond donors (Lipinski definition) is 3. The van der Waals surface area contributed by atoms with Crippen LogP contribution in [0.15, 0.2) is 4.99 Å². The van der Waals surface area contributed by atoms with E-state index in [1.807, 2.05) is 0 Å². The second-order valence-corrected chi connectivity index (χ2v) is 6.76. The standard InChI is InChI=1S/C15H27N5O3/c1-14(2)10(8-15(14,3)23-5)19-12(16-4)17-6-7-20-11(21)9-18-13(20)22/h10H,6-9H2,1-5H3,(H,18,22)(H2,16,17,19). The van der Waals surface area contributed by atoms with Gasteiger partial charge in [0, 0.05) is 38.7 Å². The molecule has 2 atom stereocenters. The summed E-state index contributed by atoms with van der Waals surface area (Å²) in [6, 6.07) is -0.0916. The SMILES string of the molecule is CN=C(NCCN1C(=O)CNC1=O)NC1CC(C)(OC)C1(C)C. The highest BCUT2D eigenvalue weighted by molar-refractivity contribution is 6.01. The van der Waals surface area contributed by atoms with Crippen LogP contribution in [0, 0.1) is 5.41 Å². The topological polar surface area (TPSA) is 95.1 Å². The van der Waals surface area contributed by atoms with Gasteiger partial charge < -0.3 is 20.7 Å². The molecule has 0 aromatic carbocycles. The van der Waals surface area contributed by atoms with Gasteiger partial charge in [0.1, 0.15) is 0 Å². The first-order chi connectivity index (χ1) is 10.7. The number of nitrogens with zero attached hydrogens (tertiary/aromatic N) is 2. The summed E-state index contributed by atoms with van der Waals surface area (Å²) in [6.07, 6.45) is 0.893. The number of amides is 3. The average molecular weight is 325 g/mol. The van der Waals surface area contributed by atoms with Crippen LogP contribution < -0.4 is 16.0 Å². The zero-order valence-electron chi connectivity index (χ0n) is 14.5. The number of carbonyl (C=O) groups is 2. The van der Waals surface area contributed by atoms with E-state index in [-0.39, 0.29) is 35.5 Å². The molecule has 130 valence electrons. The van der Waals surface area contributed by atoms with E-state index in [1.54, 1.807) is 14.2 Å². The van der Waals surface area contributed by atoms with Gasteiger partial charge in [-0.2, -0.15) is 0 Å². The van der Waals surface area contributed by atoms with E-state index in [1.165, 1.54) is 4.90 Å². The molecular weight excluding hydrogens is 298 g/mol. The van der Waals surface area contributed by atoms with Crippen molar-refractivity contribution in [2.24, 2.45) is 10.4 Å². The number of ether oxygens (including phenoxy) is 1. The normalized spacial score (nSPS) is 30.0. The van der Waals surface area contributed by atoms with Crippen LogP contribution in [-0.4, -0.2) is 68.2 Å². The highest BCUT2D eigenvalue weighted by Gasteiger charge is 2.58. The number of nitrogens with one attached hydrogen (secondary N) is 3. The lowest BCUT2D eigenvalue weighted by Gasteiger charge is -2.59. The Hall–Kier alpha value is -1.83. The summed E-state index contributed by atoms with van der Waals surface area (Å²) in [5, 5.41) is 9.03. The third-order valence-corrected chi connectivity index (χ3v) is 5.38. The Kier molecular flexibility index (Phi) is 4.84. The lowest BCUT2D eigenvalue weighted by atomic mass is 9.56. The van der Waals surface area contributed by atoms with Gasteiger partial charge in [0.25, 0.3) is 0 Å². The number of guanidine groups is 1. The van der Waals surface area contributed by atoms with Crippen LogP contribution >= 0.6 is 0 Å². The molecule has 3 amide bonds. The summed E-state index contributed by atoms with van der Waals surface area (Å²) in [6.45, 7) is 7.29. The number of methoxy groups -OCH3 is 1. The van der Waals surface area contributed by atoms with Gasteiger partial charge in [-0.05, 0) is 13.3 Å². The molecule has 3 N–H and O–H groups in total. The summed E-state index contributed by atoms with van der Waals surface area (Å²) < 4.78 is 5.62. The van der Waals surface area contributed by atoms with Gasteiger partial charge in [-0.1, -0.05) is 13.8 Å². The van der Waals surface area contributed by atoms with Crippen molar-refractivity contribution in [3.8, 4) is 0 Å². The molecule has 0 radical (unpaired) electrons. The molecule has 8 heteroatoms. The van der Waals surface area contributed by atoms with Crippen molar-refractivity contribution in [3.05, 3.63) is 0 Å². The second-order valence-electron chi connectivity index (χ2n) is 6.76. The number of aliphatic imine (C=N–C) groups is 1. The van der Waals surface area contributed by atoms with Gasteiger partial charge >= 0.3 is 6.03 Å². The van der Waals surface area contributed by atoms with E-state index >= 15 is 0 Å². The first kappa shape index (κ1) is 17.5. The third-order valence-electron chi connectivity index (χ3n) is 5.38. The van der Waals surface area contributed by atoms with Gasteiger partial charge in [0.15, 0.2) is 5.96 Å². The maximum Gasteiger partial charge on any atom is 0.324 e. The Bertz CT molecular complexity index is 503. The van der Waals surface area contributed by atoms with Crippen molar-refractivity contribution < 1.29 is 14.3 Å². The second kappa shape index (κ2) is 6.35. The number of rotatable bonds is 5.